The lowest BCUT2D eigenvalue weighted by Gasteiger charge is -2.24. The van der Waals surface area contributed by atoms with Gasteiger partial charge in [-0.25, -0.2) is 19.0 Å². The SMILES string of the molecule is CCOC(=O)C1=C(C)N=c2s/c(=C/c3cc(C)n(-c4cccc(C(=O)OC)c4C)c3C)c(=O)n2[C@@H]1c1ccc(F)cc1. The van der Waals surface area contributed by atoms with Gasteiger partial charge in [0, 0.05) is 17.1 Å². The van der Waals surface area contributed by atoms with Crippen LogP contribution >= 0.6 is 11.3 Å². The van der Waals surface area contributed by atoms with Crippen LogP contribution in [-0.2, 0) is 14.3 Å². The number of aryl methyl sites for hydroxylation is 1. The van der Waals surface area contributed by atoms with Gasteiger partial charge < -0.3 is 14.0 Å². The molecule has 5 rings (SSSR count). The molecule has 2 aromatic carbocycles. The number of rotatable bonds is 6. The molecular formula is C32H30FN3O5S. The molecule has 0 radical (unpaired) electrons. The Morgan fingerprint density at radius 1 is 1.07 bits per heavy atom. The molecule has 216 valence electrons. The molecule has 1 atom stereocenters. The van der Waals surface area contributed by atoms with Crippen LogP contribution in [0.1, 0.15) is 58.3 Å². The molecule has 1 aliphatic heterocycles. The minimum Gasteiger partial charge on any atom is -0.465 e. The monoisotopic (exact) mass is 587 g/mol. The van der Waals surface area contributed by atoms with E-state index in [0.717, 1.165) is 28.2 Å². The number of hydrogen-bond donors (Lipinski definition) is 0. The smallest absolute Gasteiger partial charge is 0.338 e. The number of ether oxygens (including phenoxy) is 2. The average molecular weight is 588 g/mol. The number of allylic oxidation sites excluding steroid dienone is 1. The van der Waals surface area contributed by atoms with Crippen LogP contribution < -0.4 is 14.9 Å². The van der Waals surface area contributed by atoms with Crippen molar-refractivity contribution in [3.8, 4) is 5.69 Å². The van der Waals surface area contributed by atoms with Crippen LogP contribution in [0, 0.1) is 26.6 Å². The lowest BCUT2D eigenvalue weighted by molar-refractivity contribution is -0.139. The summed E-state index contributed by atoms with van der Waals surface area (Å²) in [4.78, 5) is 44.3. The molecule has 10 heteroatoms. The highest BCUT2D eigenvalue weighted by molar-refractivity contribution is 7.07. The van der Waals surface area contributed by atoms with Gasteiger partial charge in [-0.3, -0.25) is 9.36 Å². The average Bonchev–Trinajstić information content (AvgIpc) is 3.41. The molecular weight excluding hydrogens is 557 g/mol. The van der Waals surface area contributed by atoms with Crippen molar-refractivity contribution in [2.24, 2.45) is 4.99 Å². The Morgan fingerprint density at radius 3 is 2.45 bits per heavy atom. The molecule has 0 amide bonds. The quantitative estimate of drug-likeness (QED) is 0.311. The van der Waals surface area contributed by atoms with E-state index in [9.17, 15) is 18.8 Å². The molecule has 0 fully saturated rings. The van der Waals surface area contributed by atoms with E-state index in [1.165, 1.54) is 35.1 Å². The fourth-order valence-corrected chi connectivity index (χ4v) is 6.43. The lowest BCUT2D eigenvalue weighted by atomic mass is 9.96. The van der Waals surface area contributed by atoms with Crippen LogP contribution in [0.15, 0.2) is 69.6 Å². The summed E-state index contributed by atoms with van der Waals surface area (Å²) >= 11 is 1.22. The van der Waals surface area contributed by atoms with E-state index in [2.05, 4.69) is 4.99 Å². The number of nitrogens with zero attached hydrogens (tertiary/aromatic N) is 3. The summed E-state index contributed by atoms with van der Waals surface area (Å²) in [7, 11) is 1.35. The maximum absolute atomic E-state index is 14.0. The van der Waals surface area contributed by atoms with Gasteiger partial charge >= 0.3 is 11.9 Å². The molecule has 0 aliphatic carbocycles. The molecule has 0 saturated heterocycles. The second kappa shape index (κ2) is 11.4. The van der Waals surface area contributed by atoms with Crippen LogP contribution in [-0.4, -0.2) is 34.8 Å². The third-order valence-electron chi connectivity index (χ3n) is 7.41. The molecule has 42 heavy (non-hydrogen) atoms. The van der Waals surface area contributed by atoms with Crippen LogP contribution in [0.25, 0.3) is 11.8 Å². The Kier molecular flexibility index (Phi) is 7.83. The number of hydrogen-bond acceptors (Lipinski definition) is 7. The number of fused-ring (bicyclic) bond motifs is 1. The molecule has 0 unspecified atom stereocenters. The zero-order valence-electron chi connectivity index (χ0n) is 24.1. The molecule has 0 spiro atoms. The summed E-state index contributed by atoms with van der Waals surface area (Å²) in [5.74, 6) is -1.41. The number of methoxy groups -OCH3 is 1. The highest BCUT2D eigenvalue weighted by Crippen LogP contribution is 2.31. The Labute approximate surface area is 245 Å². The molecule has 2 aromatic heterocycles. The first-order chi connectivity index (χ1) is 20.1. The maximum Gasteiger partial charge on any atom is 0.338 e. The highest BCUT2D eigenvalue weighted by atomic mass is 32.1. The minimum absolute atomic E-state index is 0.161. The predicted molar refractivity (Wildman–Crippen MR) is 158 cm³/mol. The summed E-state index contributed by atoms with van der Waals surface area (Å²) in [5, 5.41) is 0. The van der Waals surface area contributed by atoms with Crippen molar-refractivity contribution >= 4 is 29.4 Å². The largest absolute Gasteiger partial charge is 0.465 e. The van der Waals surface area contributed by atoms with E-state index in [1.54, 1.807) is 32.0 Å². The first kappa shape index (κ1) is 28.9. The molecule has 0 N–H and O–H groups in total. The molecule has 0 bridgehead atoms. The number of carbonyl (C=O) groups excluding carboxylic acids is 2. The standard InChI is InChI=1S/C32H30FN3O5S/c1-7-41-31(39)27-19(4)34-32-36(28(27)21-11-13-23(33)14-12-21)29(37)26(42-32)16-22-15-17(2)35(20(22)5)25-10-8-9-24(18(25)3)30(38)40-6/h8-16,28H,7H2,1-6H3/b26-16+/t28-/m1/s1. The summed E-state index contributed by atoms with van der Waals surface area (Å²) in [5.41, 5.74) is 5.63. The number of carbonyl (C=O) groups is 2. The van der Waals surface area contributed by atoms with E-state index in [0.29, 0.717) is 26.2 Å². The van der Waals surface area contributed by atoms with Crippen molar-refractivity contribution in [2.45, 2.75) is 40.7 Å². The van der Waals surface area contributed by atoms with Crippen LogP contribution in [0.5, 0.6) is 0 Å². The molecule has 3 heterocycles. The lowest BCUT2D eigenvalue weighted by Crippen LogP contribution is -2.39. The van der Waals surface area contributed by atoms with Gasteiger partial charge in [-0.05, 0) is 87.7 Å². The third kappa shape index (κ3) is 4.92. The second-order valence-corrected chi connectivity index (χ2v) is 11.0. The van der Waals surface area contributed by atoms with Crippen LogP contribution in [0.3, 0.4) is 0 Å². The summed E-state index contributed by atoms with van der Waals surface area (Å²) in [6.45, 7) is 9.35. The predicted octanol–water partition coefficient (Wildman–Crippen LogP) is 4.44. The number of thiazole rings is 1. The Bertz CT molecular complexity index is 1950. The van der Waals surface area contributed by atoms with E-state index in [4.69, 9.17) is 9.47 Å². The summed E-state index contributed by atoms with van der Waals surface area (Å²) in [6, 6.07) is 12.4. The van der Waals surface area contributed by atoms with E-state index < -0.39 is 23.8 Å². The molecule has 4 aromatic rings. The minimum atomic E-state index is -0.820. The Hall–Kier alpha value is -4.57. The number of benzene rings is 2. The number of aromatic nitrogens is 2. The van der Waals surface area contributed by atoms with Crippen LogP contribution in [0.2, 0.25) is 0 Å². The van der Waals surface area contributed by atoms with Gasteiger partial charge in [0.1, 0.15) is 5.82 Å². The van der Waals surface area contributed by atoms with E-state index in [-0.39, 0.29) is 17.7 Å². The second-order valence-electron chi connectivity index (χ2n) is 9.96. The summed E-state index contributed by atoms with van der Waals surface area (Å²) in [6.07, 6.45) is 1.81. The normalized spacial score (nSPS) is 14.9. The molecule has 8 nitrogen and oxygen atoms in total. The summed E-state index contributed by atoms with van der Waals surface area (Å²) < 4.78 is 28.0. The maximum atomic E-state index is 14.0. The fourth-order valence-electron chi connectivity index (χ4n) is 5.39. The van der Waals surface area contributed by atoms with Gasteiger partial charge in [-0.1, -0.05) is 29.5 Å². The number of esters is 2. The van der Waals surface area contributed by atoms with Crippen LogP contribution in [0.4, 0.5) is 4.39 Å². The number of halogens is 1. The van der Waals surface area contributed by atoms with Crippen molar-refractivity contribution < 1.29 is 23.5 Å². The zero-order chi connectivity index (χ0) is 30.3. The Balaban J connectivity index is 1.68. The van der Waals surface area contributed by atoms with Crippen molar-refractivity contribution in [1.29, 1.82) is 0 Å². The molecule has 0 saturated carbocycles. The van der Waals surface area contributed by atoms with Gasteiger partial charge in [0.25, 0.3) is 5.56 Å². The first-order valence-electron chi connectivity index (χ1n) is 13.4. The van der Waals surface area contributed by atoms with Gasteiger partial charge in [0.05, 0.1) is 41.1 Å². The third-order valence-corrected chi connectivity index (χ3v) is 8.39. The topological polar surface area (TPSA) is 91.9 Å². The van der Waals surface area contributed by atoms with Crippen molar-refractivity contribution in [3.05, 3.63) is 119 Å². The van der Waals surface area contributed by atoms with Gasteiger partial charge in [-0.15, -0.1) is 0 Å². The van der Waals surface area contributed by atoms with Gasteiger partial charge in [-0.2, -0.15) is 0 Å². The fraction of sp³-hybridized carbons (Fsp3) is 0.250. The van der Waals surface area contributed by atoms with E-state index >= 15 is 0 Å². The van der Waals surface area contributed by atoms with Gasteiger partial charge in [0.2, 0.25) is 0 Å². The first-order valence-corrected chi connectivity index (χ1v) is 14.2. The zero-order valence-corrected chi connectivity index (χ0v) is 25.0. The van der Waals surface area contributed by atoms with Crippen molar-refractivity contribution in [1.82, 2.24) is 9.13 Å². The molecule has 1 aliphatic rings. The van der Waals surface area contributed by atoms with Crippen molar-refractivity contribution in [2.75, 3.05) is 13.7 Å². The van der Waals surface area contributed by atoms with Crippen molar-refractivity contribution in [3.63, 3.8) is 0 Å². The highest BCUT2D eigenvalue weighted by Gasteiger charge is 2.33. The van der Waals surface area contributed by atoms with Gasteiger partial charge in [0.15, 0.2) is 4.80 Å². The Morgan fingerprint density at radius 2 is 1.79 bits per heavy atom. The van der Waals surface area contributed by atoms with E-state index in [1.807, 2.05) is 49.6 Å².